The van der Waals surface area contributed by atoms with Gasteiger partial charge in [0.25, 0.3) is 0 Å². The van der Waals surface area contributed by atoms with E-state index in [0.29, 0.717) is 12.0 Å². The summed E-state index contributed by atoms with van der Waals surface area (Å²) in [5, 5.41) is 0. The molecule has 3 rings (SSSR count). The van der Waals surface area contributed by atoms with Crippen molar-refractivity contribution in [3.63, 3.8) is 0 Å². The Balaban J connectivity index is 2.20. The lowest BCUT2D eigenvalue weighted by Crippen LogP contribution is -2.51. The summed E-state index contributed by atoms with van der Waals surface area (Å²) in [6, 6.07) is 9.26. The standard InChI is InChI=1S/C29H31N3O2/c1-8-10-14-19-29(30-6,31-7)24-20-22-17-18-25(32(22)27(33)34-28(3,4)5)26(24)23(9-2)21-15-12-11-13-16-21/h11-13,15-16,20,22,25-26H,2,8,17-19H2,1,3-5H3/t22-,25?,26-/m1/s1. The fraction of sp³-hybridized carbons (Fsp3) is 0.448. The summed E-state index contributed by atoms with van der Waals surface area (Å²) in [7, 11) is 0. The number of hydrogen-bond acceptors (Lipinski definition) is 2. The molecular formula is C29H31N3O2. The second-order valence-corrected chi connectivity index (χ2v) is 9.58. The number of carbonyl (C=O) groups excluding carboxylic acids is 1. The van der Waals surface area contributed by atoms with Gasteiger partial charge in [-0.3, -0.25) is 4.90 Å². The molecule has 1 fully saturated rings. The van der Waals surface area contributed by atoms with E-state index in [4.69, 9.17) is 17.9 Å². The third-order valence-corrected chi connectivity index (χ3v) is 6.22. The molecule has 2 heterocycles. The predicted octanol–water partition coefficient (Wildman–Crippen LogP) is 6.52. The Morgan fingerprint density at radius 2 is 1.85 bits per heavy atom. The molecule has 5 heteroatoms. The van der Waals surface area contributed by atoms with E-state index in [-0.39, 0.29) is 24.6 Å². The van der Waals surface area contributed by atoms with Crippen LogP contribution in [0, 0.1) is 30.9 Å². The zero-order valence-electron chi connectivity index (χ0n) is 20.4. The van der Waals surface area contributed by atoms with E-state index in [1.54, 1.807) is 4.90 Å². The van der Waals surface area contributed by atoms with E-state index in [1.807, 2.05) is 64.1 Å². The molecule has 5 nitrogen and oxygen atoms in total. The molecule has 2 aliphatic rings. The molecule has 2 aliphatic heterocycles. The second-order valence-electron chi connectivity index (χ2n) is 9.58. The molecule has 1 amide bonds. The van der Waals surface area contributed by atoms with Gasteiger partial charge < -0.3 is 4.74 Å². The van der Waals surface area contributed by atoms with Crippen LogP contribution in [-0.4, -0.2) is 34.3 Å². The number of hydrogen-bond donors (Lipinski definition) is 0. The van der Waals surface area contributed by atoms with E-state index < -0.39 is 17.2 Å². The first-order valence-corrected chi connectivity index (χ1v) is 11.6. The first kappa shape index (κ1) is 24.9. The number of ether oxygens (including phenoxy) is 1. The van der Waals surface area contributed by atoms with Crippen LogP contribution in [0.15, 0.2) is 54.3 Å². The predicted molar refractivity (Wildman–Crippen MR) is 134 cm³/mol. The summed E-state index contributed by atoms with van der Waals surface area (Å²) < 4.78 is 5.75. The second kappa shape index (κ2) is 10.1. The monoisotopic (exact) mass is 453 g/mol. The molecule has 0 aromatic heterocycles. The lowest BCUT2D eigenvalue weighted by Gasteiger charge is -2.40. The summed E-state index contributed by atoms with van der Waals surface area (Å²) in [5.74, 6) is 5.64. The molecule has 0 radical (unpaired) electrons. The van der Waals surface area contributed by atoms with Gasteiger partial charge in [0.15, 0.2) is 6.42 Å². The minimum Gasteiger partial charge on any atom is -0.444 e. The van der Waals surface area contributed by atoms with Gasteiger partial charge in [-0.05, 0) is 45.3 Å². The quantitative estimate of drug-likeness (QED) is 0.225. The third-order valence-electron chi connectivity index (χ3n) is 6.22. The molecule has 2 bridgehead atoms. The summed E-state index contributed by atoms with van der Waals surface area (Å²) in [6.45, 7) is 27.5. The van der Waals surface area contributed by atoms with E-state index in [9.17, 15) is 4.79 Å². The number of carbonyl (C=O) groups is 1. The van der Waals surface area contributed by atoms with Gasteiger partial charge in [0, 0.05) is 18.0 Å². The average molecular weight is 454 g/mol. The molecule has 1 unspecified atom stereocenters. The van der Waals surface area contributed by atoms with Gasteiger partial charge in [-0.15, -0.1) is 11.7 Å². The van der Waals surface area contributed by atoms with Crippen molar-refractivity contribution in [3.8, 4) is 11.8 Å². The van der Waals surface area contributed by atoms with E-state index >= 15 is 0 Å². The highest BCUT2D eigenvalue weighted by atomic mass is 16.6. The maximum absolute atomic E-state index is 13.3. The van der Waals surface area contributed by atoms with Gasteiger partial charge in [-0.2, -0.15) is 0 Å². The molecular weight excluding hydrogens is 422 g/mol. The zero-order chi connectivity index (χ0) is 24.9. The number of fused-ring (bicyclic) bond motifs is 2. The van der Waals surface area contributed by atoms with Crippen molar-refractivity contribution in [1.82, 2.24) is 4.90 Å². The minimum absolute atomic E-state index is 0.126. The normalized spacial score (nSPS) is 21.2. The van der Waals surface area contributed by atoms with E-state index in [1.165, 1.54) is 0 Å². The first-order chi connectivity index (χ1) is 16.2. The smallest absolute Gasteiger partial charge is 0.444 e. The van der Waals surface area contributed by atoms with E-state index in [2.05, 4.69) is 33.8 Å². The molecule has 0 saturated carbocycles. The Labute approximate surface area is 203 Å². The average Bonchev–Trinajstić information content (AvgIpc) is 3.13. The van der Waals surface area contributed by atoms with E-state index in [0.717, 1.165) is 24.0 Å². The molecule has 0 spiro atoms. The fourth-order valence-corrected chi connectivity index (χ4v) is 4.85. The van der Waals surface area contributed by atoms with Crippen LogP contribution < -0.4 is 0 Å². The van der Waals surface area contributed by atoms with Gasteiger partial charge in [0.1, 0.15) is 11.2 Å². The van der Waals surface area contributed by atoms with Crippen molar-refractivity contribution in [2.24, 2.45) is 5.92 Å². The van der Waals surface area contributed by atoms with Gasteiger partial charge >= 0.3 is 11.8 Å². The van der Waals surface area contributed by atoms with Crippen LogP contribution in [-0.2, 0) is 4.74 Å². The Morgan fingerprint density at radius 3 is 2.41 bits per heavy atom. The highest BCUT2D eigenvalue weighted by Crippen LogP contribution is 2.50. The largest absolute Gasteiger partial charge is 0.517 e. The lowest BCUT2D eigenvalue weighted by atomic mass is 9.74. The highest BCUT2D eigenvalue weighted by Gasteiger charge is 2.59. The van der Waals surface area contributed by atoms with Crippen LogP contribution in [0.1, 0.15) is 58.9 Å². The summed E-state index contributed by atoms with van der Waals surface area (Å²) in [5.41, 5.74) is 3.41. The van der Waals surface area contributed by atoms with Crippen LogP contribution in [0.3, 0.4) is 0 Å². The maximum Gasteiger partial charge on any atom is 0.517 e. The van der Waals surface area contributed by atoms with Gasteiger partial charge in [0.2, 0.25) is 0 Å². The van der Waals surface area contributed by atoms with Crippen LogP contribution in [0.25, 0.3) is 15.3 Å². The van der Waals surface area contributed by atoms with Crippen molar-refractivity contribution in [2.45, 2.75) is 76.7 Å². The minimum atomic E-state index is -1.45. The number of rotatable bonds is 4. The number of amides is 1. The Kier molecular flexibility index (Phi) is 7.37. The molecule has 0 aliphatic carbocycles. The van der Waals surface area contributed by atoms with Crippen LogP contribution in [0.2, 0.25) is 0 Å². The molecule has 1 aromatic carbocycles. The highest BCUT2D eigenvalue weighted by molar-refractivity contribution is 5.76. The summed E-state index contributed by atoms with van der Waals surface area (Å²) >= 11 is 0. The van der Waals surface area contributed by atoms with Crippen molar-refractivity contribution in [2.75, 3.05) is 0 Å². The lowest BCUT2D eigenvalue weighted by molar-refractivity contribution is 0.0139. The molecule has 0 N–H and O–H groups in total. The molecule has 1 aromatic rings. The summed E-state index contributed by atoms with van der Waals surface area (Å²) in [4.78, 5) is 22.7. The molecule has 174 valence electrons. The van der Waals surface area contributed by atoms with Crippen LogP contribution >= 0.6 is 0 Å². The van der Waals surface area contributed by atoms with Crippen molar-refractivity contribution < 1.29 is 9.53 Å². The van der Waals surface area contributed by atoms with Gasteiger partial charge in [-0.25, -0.2) is 27.6 Å². The Bertz CT molecular complexity index is 1140. The van der Waals surface area contributed by atoms with Crippen molar-refractivity contribution in [3.05, 3.63) is 82.7 Å². The maximum atomic E-state index is 13.3. The van der Waals surface area contributed by atoms with Gasteiger partial charge in [-0.1, -0.05) is 49.8 Å². The fourth-order valence-electron chi connectivity index (χ4n) is 4.85. The zero-order valence-corrected chi connectivity index (χ0v) is 20.4. The van der Waals surface area contributed by atoms with Crippen LogP contribution in [0.5, 0.6) is 0 Å². The van der Waals surface area contributed by atoms with Crippen LogP contribution in [0.4, 0.5) is 4.79 Å². The third kappa shape index (κ3) is 4.79. The topological polar surface area (TPSA) is 38.3 Å². The van der Waals surface area contributed by atoms with Crippen molar-refractivity contribution >= 4 is 11.7 Å². The van der Waals surface area contributed by atoms with Crippen molar-refractivity contribution in [1.29, 1.82) is 0 Å². The summed E-state index contributed by atoms with van der Waals surface area (Å²) in [6.07, 6.45) is 3.84. The first-order valence-electron chi connectivity index (χ1n) is 11.6. The Hall–Kier alpha value is -3.71. The SMILES string of the molecule is [C-]#[N+]C(CC#CCC)([N+]#[C-])C1=C[C@H]2CCC([C@@H]1C(=C=C)c1ccccc1)N2C(=O)OC(C)(C)C. The number of nitrogens with zero attached hydrogens (tertiary/aromatic N) is 3. The Morgan fingerprint density at radius 1 is 1.18 bits per heavy atom. The molecule has 3 atom stereocenters. The molecule has 1 saturated heterocycles. The van der Waals surface area contributed by atoms with Gasteiger partial charge in [0.05, 0.1) is 12.0 Å². The number of benzene rings is 1. The molecule has 34 heavy (non-hydrogen) atoms.